The summed E-state index contributed by atoms with van der Waals surface area (Å²) in [5.41, 5.74) is 3.94. The van der Waals surface area contributed by atoms with Crippen LogP contribution in [0.4, 0.5) is 19.0 Å². The first-order valence-corrected chi connectivity index (χ1v) is 12.3. The first kappa shape index (κ1) is 22.8. The number of hydrogen-bond donors (Lipinski definition) is 1. The van der Waals surface area contributed by atoms with Crippen LogP contribution in [-0.4, -0.2) is 57.6 Å². The number of anilines is 1. The minimum atomic E-state index is -4.52. The van der Waals surface area contributed by atoms with Crippen molar-refractivity contribution in [2.45, 2.75) is 50.2 Å². The van der Waals surface area contributed by atoms with Crippen molar-refractivity contribution in [3.8, 4) is 17.2 Å². The van der Waals surface area contributed by atoms with Crippen molar-refractivity contribution in [3.05, 3.63) is 41.9 Å². The smallest absolute Gasteiger partial charge is 0.352 e. The summed E-state index contributed by atoms with van der Waals surface area (Å²) in [5.74, 6) is 0.195. The number of amides is 1. The summed E-state index contributed by atoms with van der Waals surface area (Å²) in [6, 6.07) is 7.85. The van der Waals surface area contributed by atoms with E-state index in [2.05, 4.69) is 16.0 Å². The summed E-state index contributed by atoms with van der Waals surface area (Å²) >= 11 is 0. The Balaban J connectivity index is 1.33. The zero-order valence-corrected chi connectivity index (χ0v) is 19.6. The molecule has 3 fully saturated rings. The Hall–Kier alpha value is -3.61. The van der Waals surface area contributed by atoms with Crippen LogP contribution in [0.1, 0.15) is 49.3 Å². The van der Waals surface area contributed by atoms with Crippen LogP contribution in [0.2, 0.25) is 0 Å². The molecule has 0 bridgehead atoms. The average Bonchev–Trinajstić information content (AvgIpc) is 3.79. The number of carbonyl (C=O) groups excluding carboxylic acids is 1. The quantitative estimate of drug-likeness (QED) is 0.553. The summed E-state index contributed by atoms with van der Waals surface area (Å²) in [5, 5.41) is 11.0. The van der Waals surface area contributed by atoms with Crippen molar-refractivity contribution in [3.63, 3.8) is 0 Å². The molecule has 2 saturated carbocycles. The fraction of sp³-hybridized carbons (Fsp3) is 0.462. The van der Waals surface area contributed by atoms with E-state index in [1.54, 1.807) is 6.20 Å². The normalized spacial score (nSPS) is 20.6. The monoisotopic (exact) mass is 494 g/mol. The van der Waals surface area contributed by atoms with Crippen molar-refractivity contribution in [1.29, 1.82) is 5.26 Å². The number of nitrogens with zero attached hydrogens (tertiary/aromatic N) is 5. The largest absolute Gasteiger partial charge is 0.397 e. The molecule has 2 aliphatic carbocycles. The van der Waals surface area contributed by atoms with Gasteiger partial charge in [0, 0.05) is 54.5 Å². The van der Waals surface area contributed by atoms with Crippen LogP contribution in [0.3, 0.4) is 0 Å². The fourth-order valence-corrected chi connectivity index (χ4v) is 5.30. The predicted molar refractivity (Wildman–Crippen MR) is 127 cm³/mol. The van der Waals surface area contributed by atoms with Gasteiger partial charge >= 0.3 is 6.18 Å². The highest BCUT2D eigenvalue weighted by atomic mass is 19.4. The lowest BCUT2D eigenvalue weighted by Gasteiger charge is -2.42. The molecular formula is C26H25F3N6O. The van der Waals surface area contributed by atoms with Gasteiger partial charge in [0.05, 0.1) is 17.3 Å². The minimum absolute atomic E-state index is 0.192. The Morgan fingerprint density at radius 2 is 2.00 bits per heavy atom. The van der Waals surface area contributed by atoms with E-state index in [1.165, 1.54) is 4.90 Å². The predicted octanol–water partition coefficient (Wildman–Crippen LogP) is 4.75. The molecule has 0 radical (unpaired) electrons. The second kappa shape index (κ2) is 8.50. The highest BCUT2D eigenvalue weighted by molar-refractivity contribution is 5.83. The summed E-state index contributed by atoms with van der Waals surface area (Å²) in [4.78, 5) is 28.4. The maximum atomic E-state index is 12.9. The molecule has 186 valence electrons. The molecule has 0 unspecified atom stereocenters. The van der Waals surface area contributed by atoms with E-state index in [4.69, 9.17) is 4.98 Å². The molecule has 6 rings (SSSR count). The Morgan fingerprint density at radius 3 is 2.69 bits per heavy atom. The van der Waals surface area contributed by atoms with Crippen molar-refractivity contribution < 1.29 is 18.0 Å². The molecule has 10 heteroatoms. The molecule has 0 aromatic carbocycles. The molecule has 7 nitrogen and oxygen atoms in total. The van der Waals surface area contributed by atoms with E-state index in [9.17, 15) is 23.2 Å². The molecule has 3 aromatic rings. The van der Waals surface area contributed by atoms with Crippen molar-refractivity contribution in [2.75, 3.05) is 24.5 Å². The molecule has 1 amide bonds. The average molecular weight is 495 g/mol. The van der Waals surface area contributed by atoms with Crippen LogP contribution in [0.15, 0.2) is 30.6 Å². The Labute approximate surface area is 205 Å². The van der Waals surface area contributed by atoms with Gasteiger partial charge in [-0.05, 0) is 49.8 Å². The summed E-state index contributed by atoms with van der Waals surface area (Å²) in [6.45, 7) is 0.919. The van der Waals surface area contributed by atoms with E-state index < -0.39 is 18.5 Å². The molecule has 1 N–H and O–H groups in total. The number of rotatable bonds is 5. The molecule has 0 spiro atoms. The lowest BCUT2D eigenvalue weighted by molar-refractivity contribution is -0.163. The van der Waals surface area contributed by atoms with Crippen LogP contribution in [0.5, 0.6) is 0 Å². The van der Waals surface area contributed by atoms with Gasteiger partial charge in [-0.15, -0.1) is 0 Å². The van der Waals surface area contributed by atoms with Crippen molar-refractivity contribution >= 4 is 22.8 Å². The molecule has 3 aromatic heterocycles. The van der Waals surface area contributed by atoms with Gasteiger partial charge < -0.3 is 14.8 Å². The number of aromatic nitrogens is 3. The second-order valence-electron chi connectivity index (χ2n) is 10.0. The SMILES string of the molecule is N#Cc1cc(-c2cnc3[nH]ccc3c2)c(C2CC2)nc1N1CCN(C(=O)CC(F)(F)F)[C@H](C2CC2)C1. The first-order valence-electron chi connectivity index (χ1n) is 12.3. The zero-order valence-electron chi connectivity index (χ0n) is 19.6. The number of H-pyrrole nitrogens is 1. The lowest BCUT2D eigenvalue weighted by atomic mass is 9.99. The van der Waals surface area contributed by atoms with Crippen LogP contribution in [0.25, 0.3) is 22.2 Å². The van der Waals surface area contributed by atoms with Gasteiger partial charge in [-0.1, -0.05) is 0 Å². The van der Waals surface area contributed by atoms with Crippen LogP contribution in [0, 0.1) is 17.2 Å². The second-order valence-corrected chi connectivity index (χ2v) is 10.0. The van der Waals surface area contributed by atoms with Crippen LogP contribution < -0.4 is 4.90 Å². The highest BCUT2D eigenvalue weighted by Crippen LogP contribution is 2.45. The van der Waals surface area contributed by atoms with Gasteiger partial charge in [0.2, 0.25) is 5.91 Å². The van der Waals surface area contributed by atoms with Crippen molar-refractivity contribution in [2.24, 2.45) is 5.92 Å². The number of piperazine rings is 1. The first-order chi connectivity index (χ1) is 17.3. The van der Waals surface area contributed by atoms with Gasteiger partial charge in [0.25, 0.3) is 0 Å². The molecule has 4 heterocycles. The van der Waals surface area contributed by atoms with Crippen LogP contribution >= 0.6 is 0 Å². The van der Waals surface area contributed by atoms with Gasteiger partial charge in [-0.2, -0.15) is 18.4 Å². The Bertz CT molecular complexity index is 1370. The number of hydrogen-bond acceptors (Lipinski definition) is 5. The molecule has 36 heavy (non-hydrogen) atoms. The number of aromatic amines is 1. The topological polar surface area (TPSA) is 88.9 Å². The molecule has 3 aliphatic rings. The summed E-state index contributed by atoms with van der Waals surface area (Å²) in [6.07, 6.45) is 1.51. The third kappa shape index (κ3) is 4.38. The van der Waals surface area contributed by atoms with E-state index in [1.807, 2.05) is 29.3 Å². The van der Waals surface area contributed by atoms with Gasteiger partial charge in [0.1, 0.15) is 24.0 Å². The number of carbonyl (C=O) groups is 1. The third-order valence-corrected chi connectivity index (χ3v) is 7.38. The van der Waals surface area contributed by atoms with E-state index in [-0.39, 0.29) is 18.5 Å². The van der Waals surface area contributed by atoms with E-state index in [0.29, 0.717) is 30.4 Å². The van der Waals surface area contributed by atoms with Crippen molar-refractivity contribution in [1.82, 2.24) is 19.9 Å². The maximum absolute atomic E-state index is 12.9. The summed E-state index contributed by atoms with van der Waals surface area (Å²) in [7, 11) is 0. The molecule has 1 saturated heterocycles. The number of halogens is 3. The van der Waals surface area contributed by atoms with E-state index >= 15 is 0 Å². The molecular weight excluding hydrogens is 469 g/mol. The Kier molecular flexibility index (Phi) is 5.39. The van der Waals surface area contributed by atoms with Crippen LogP contribution in [-0.2, 0) is 4.79 Å². The molecule has 1 atom stereocenters. The molecule has 1 aliphatic heterocycles. The minimum Gasteiger partial charge on any atom is -0.352 e. The fourth-order valence-electron chi connectivity index (χ4n) is 5.30. The summed E-state index contributed by atoms with van der Waals surface area (Å²) < 4.78 is 38.7. The number of nitrogens with one attached hydrogen (secondary N) is 1. The number of alkyl halides is 3. The number of nitriles is 1. The number of fused-ring (bicyclic) bond motifs is 1. The van der Waals surface area contributed by atoms with E-state index in [0.717, 1.165) is 53.5 Å². The number of pyridine rings is 2. The Morgan fingerprint density at radius 1 is 1.19 bits per heavy atom. The third-order valence-electron chi connectivity index (χ3n) is 7.38. The zero-order chi connectivity index (χ0) is 25.0. The van der Waals surface area contributed by atoms with Gasteiger partial charge in [-0.3, -0.25) is 4.79 Å². The maximum Gasteiger partial charge on any atom is 0.397 e. The lowest BCUT2D eigenvalue weighted by Crippen LogP contribution is -2.57. The van der Waals surface area contributed by atoms with Gasteiger partial charge in [0.15, 0.2) is 0 Å². The van der Waals surface area contributed by atoms with Gasteiger partial charge in [-0.25, -0.2) is 9.97 Å². The highest BCUT2D eigenvalue weighted by Gasteiger charge is 2.44. The standard InChI is InChI=1S/C26H25F3N6O/c27-26(28,29)11-22(36)35-8-7-34(14-21(35)15-1-2-15)25-18(12-30)10-20(23(33-25)16-3-4-16)19-9-17-5-6-31-24(17)32-13-19/h5-6,9-10,13,15-16,21H,1-4,7-8,11,14H2,(H,31,32)/t21-/m0/s1.